The third-order valence-electron chi connectivity index (χ3n) is 4.73. The quantitative estimate of drug-likeness (QED) is 0.697. The fourth-order valence-corrected chi connectivity index (χ4v) is 4.59. The monoisotopic (exact) mass is 376 g/mol. The fraction of sp³-hybridized carbons (Fsp3) is 0.650. The average molecular weight is 377 g/mol. The molecule has 2 heterocycles. The lowest BCUT2D eigenvalue weighted by molar-refractivity contribution is 0.0721. The van der Waals surface area contributed by atoms with E-state index in [-0.39, 0.29) is 5.91 Å². The molecule has 0 aliphatic heterocycles. The molecule has 2 rings (SSSR count). The molecule has 26 heavy (non-hydrogen) atoms. The SMILES string of the molecule is CCN(CC)CCN(CC(C)C)C(=O)c1sc2nc(C)nc(C)c2c1C. The van der Waals surface area contributed by atoms with E-state index in [0.717, 1.165) is 64.9 Å². The van der Waals surface area contributed by atoms with Gasteiger partial charge in [0.05, 0.1) is 4.88 Å². The van der Waals surface area contributed by atoms with Gasteiger partial charge in [0.25, 0.3) is 5.91 Å². The minimum atomic E-state index is 0.128. The van der Waals surface area contributed by atoms with Crippen LogP contribution in [0.25, 0.3) is 10.2 Å². The molecule has 1 amide bonds. The summed E-state index contributed by atoms with van der Waals surface area (Å²) in [5.41, 5.74) is 1.97. The Labute approximate surface area is 161 Å². The van der Waals surface area contributed by atoms with Gasteiger partial charge in [-0.25, -0.2) is 9.97 Å². The minimum Gasteiger partial charge on any atom is -0.336 e. The fourth-order valence-electron chi connectivity index (χ4n) is 3.34. The van der Waals surface area contributed by atoms with E-state index in [1.807, 2.05) is 25.7 Å². The number of aryl methyl sites for hydroxylation is 3. The summed E-state index contributed by atoms with van der Waals surface area (Å²) >= 11 is 1.51. The summed E-state index contributed by atoms with van der Waals surface area (Å²) in [6.07, 6.45) is 0. The van der Waals surface area contributed by atoms with Gasteiger partial charge < -0.3 is 9.80 Å². The molecule has 144 valence electrons. The molecule has 2 aromatic heterocycles. The van der Waals surface area contributed by atoms with Crippen LogP contribution in [0.5, 0.6) is 0 Å². The smallest absolute Gasteiger partial charge is 0.264 e. The number of nitrogens with zero attached hydrogens (tertiary/aromatic N) is 4. The highest BCUT2D eigenvalue weighted by Crippen LogP contribution is 2.32. The predicted octanol–water partition coefficient (Wildman–Crippen LogP) is 4.06. The van der Waals surface area contributed by atoms with Crippen LogP contribution in [0.3, 0.4) is 0 Å². The highest BCUT2D eigenvalue weighted by Gasteiger charge is 2.24. The summed E-state index contributed by atoms with van der Waals surface area (Å²) in [6.45, 7) is 19.0. The lowest BCUT2D eigenvalue weighted by atomic mass is 10.1. The van der Waals surface area contributed by atoms with Crippen molar-refractivity contribution in [3.05, 3.63) is 22.0 Å². The van der Waals surface area contributed by atoms with Crippen LogP contribution in [0, 0.1) is 26.7 Å². The Bertz CT molecular complexity index is 765. The largest absolute Gasteiger partial charge is 0.336 e. The number of fused-ring (bicyclic) bond motifs is 1. The number of aromatic nitrogens is 2. The maximum absolute atomic E-state index is 13.3. The highest BCUT2D eigenvalue weighted by atomic mass is 32.1. The molecule has 0 N–H and O–H groups in total. The average Bonchev–Trinajstić information content (AvgIpc) is 2.90. The summed E-state index contributed by atoms with van der Waals surface area (Å²) in [5, 5.41) is 1.04. The van der Waals surface area contributed by atoms with Crippen LogP contribution in [0.15, 0.2) is 0 Å². The highest BCUT2D eigenvalue weighted by molar-refractivity contribution is 7.20. The van der Waals surface area contributed by atoms with Gasteiger partial charge in [0.15, 0.2) is 0 Å². The van der Waals surface area contributed by atoms with Crippen LogP contribution in [0.2, 0.25) is 0 Å². The Morgan fingerprint density at radius 3 is 2.31 bits per heavy atom. The van der Waals surface area contributed by atoms with Gasteiger partial charge >= 0.3 is 0 Å². The Balaban J connectivity index is 2.34. The first-order valence-electron chi connectivity index (χ1n) is 9.54. The number of likely N-dealkylation sites (N-methyl/N-ethyl adjacent to an activating group) is 1. The number of hydrogen-bond acceptors (Lipinski definition) is 5. The van der Waals surface area contributed by atoms with Crippen LogP contribution in [-0.2, 0) is 0 Å². The zero-order chi connectivity index (χ0) is 19.4. The van der Waals surface area contributed by atoms with Gasteiger partial charge in [-0.1, -0.05) is 27.7 Å². The molecular formula is C20H32N4OS. The number of thiophene rings is 1. The number of hydrogen-bond donors (Lipinski definition) is 0. The van der Waals surface area contributed by atoms with Crippen LogP contribution < -0.4 is 0 Å². The van der Waals surface area contributed by atoms with Gasteiger partial charge in [-0.05, 0) is 45.3 Å². The minimum absolute atomic E-state index is 0.128. The van der Waals surface area contributed by atoms with Crippen molar-refractivity contribution in [1.29, 1.82) is 0 Å². The van der Waals surface area contributed by atoms with Crippen molar-refractivity contribution in [2.75, 3.05) is 32.7 Å². The number of carbonyl (C=O) groups excluding carboxylic acids is 1. The van der Waals surface area contributed by atoms with Crippen molar-refractivity contribution in [2.45, 2.75) is 48.5 Å². The molecule has 0 spiro atoms. The van der Waals surface area contributed by atoms with Gasteiger partial charge in [-0.2, -0.15) is 0 Å². The first-order valence-corrected chi connectivity index (χ1v) is 10.4. The van der Waals surface area contributed by atoms with Crippen LogP contribution >= 0.6 is 11.3 Å². The molecule has 0 bridgehead atoms. The maximum Gasteiger partial charge on any atom is 0.264 e. The van der Waals surface area contributed by atoms with E-state index in [9.17, 15) is 4.79 Å². The summed E-state index contributed by atoms with van der Waals surface area (Å²) in [4.78, 5) is 28.4. The summed E-state index contributed by atoms with van der Waals surface area (Å²) in [6, 6.07) is 0. The Kier molecular flexibility index (Phi) is 7.12. The second-order valence-electron chi connectivity index (χ2n) is 7.26. The number of rotatable bonds is 8. The molecule has 0 atom stereocenters. The standard InChI is InChI=1S/C20H32N4OS/c1-8-23(9-2)10-11-24(12-13(3)4)20(25)18-14(5)17-15(6)21-16(7)22-19(17)26-18/h13H,8-12H2,1-7H3. The van der Waals surface area contributed by atoms with E-state index >= 15 is 0 Å². The lowest BCUT2D eigenvalue weighted by Crippen LogP contribution is -2.40. The van der Waals surface area contributed by atoms with E-state index in [1.165, 1.54) is 11.3 Å². The van der Waals surface area contributed by atoms with Crippen LogP contribution in [0.1, 0.15) is 54.4 Å². The third kappa shape index (κ3) is 4.60. The Morgan fingerprint density at radius 1 is 1.08 bits per heavy atom. The van der Waals surface area contributed by atoms with Gasteiger partial charge in [-0.15, -0.1) is 11.3 Å². The molecule has 0 fully saturated rings. The first kappa shape index (κ1) is 20.8. The molecule has 2 aromatic rings. The topological polar surface area (TPSA) is 49.3 Å². The van der Waals surface area contributed by atoms with Gasteiger partial charge in [-0.3, -0.25) is 4.79 Å². The van der Waals surface area contributed by atoms with Crippen LogP contribution in [0.4, 0.5) is 0 Å². The summed E-state index contributed by atoms with van der Waals surface area (Å²) in [7, 11) is 0. The van der Waals surface area contributed by atoms with Crippen molar-refractivity contribution in [3.63, 3.8) is 0 Å². The summed E-state index contributed by atoms with van der Waals surface area (Å²) in [5.74, 6) is 1.33. The van der Waals surface area contributed by atoms with Crippen LogP contribution in [-0.4, -0.2) is 58.4 Å². The third-order valence-corrected chi connectivity index (χ3v) is 5.90. The van der Waals surface area contributed by atoms with Crippen molar-refractivity contribution in [3.8, 4) is 0 Å². The zero-order valence-electron chi connectivity index (χ0n) is 17.2. The molecule has 0 radical (unpaired) electrons. The Hall–Kier alpha value is -1.53. The molecule has 0 saturated carbocycles. The molecule has 0 aliphatic rings. The summed E-state index contributed by atoms with van der Waals surface area (Å²) < 4.78 is 0. The predicted molar refractivity (Wildman–Crippen MR) is 110 cm³/mol. The number of carbonyl (C=O) groups is 1. The normalized spacial score (nSPS) is 11.7. The van der Waals surface area contributed by atoms with Crippen molar-refractivity contribution in [1.82, 2.24) is 19.8 Å². The van der Waals surface area contributed by atoms with Gasteiger partial charge in [0.1, 0.15) is 10.7 Å². The van der Waals surface area contributed by atoms with Crippen molar-refractivity contribution >= 4 is 27.5 Å². The van der Waals surface area contributed by atoms with E-state index in [0.29, 0.717) is 5.92 Å². The molecule has 0 saturated heterocycles. The second-order valence-corrected chi connectivity index (χ2v) is 8.26. The first-order chi connectivity index (χ1) is 12.3. The zero-order valence-corrected chi connectivity index (χ0v) is 18.0. The van der Waals surface area contributed by atoms with E-state index in [2.05, 4.69) is 42.6 Å². The second kappa shape index (κ2) is 8.91. The van der Waals surface area contributed by atoms with E-state index in [4.69, 9.17) is 0 Å². The lowest BCUT2D eigenvalue weighted by Gasteiger charge is -2.27. The van der Waals surface area contributed by atoms with E-state index in [1.54, 1.807) is 0 Å². The molecule has 5 nitrogen and oxygen atoms in total. The molecule has 6 heteroatoms. The van der Waals surface area contributed by atoms with E-state index < -0.39 is 0 Å². The molecule has 0 aliphatic carbocycles. The van der Waals surface area contributed by atoms with Gasteiger partial charge in [0, 0.05) is 30.7 Å². The Morgan fingerprint density at radius 2 is 1.73 bits per heavy atom. The van der Waals surface area contributed by atoms with Crippen molar-refractivity contribution in [2.24, 2.45) is 5.92 Å². The molecular weight excluding hydrogens is 344 g/mol. The number of amides is 1. The van der Waals surface area contributed by atoms with Gasteiger partial charge in [0.2, 0.25) is 0 Å². The molecule has 0 unspecified atom stereocenters. The van der Waals surface area contributed by atoms with Crippen molar-refractivity contribution < 1.29 is 4.79 Å². The molecule has 0 aromatic carbocycles. The maximum atomic E-state index is 13.3.